The van der Waals surface area contributed by atoms with E-state index in [-0.39, 0.29) is 23.7 Å². The number of rotatable bonds is 4. The van der Waals surface area contributed by atoms with Crippen molar-refractivity contribution in [2.24, 2.45) is 5.92 Å². The molecular formula is C29H24N2O6. The quantitative estimate of drug-likeness (QED) is 0.497. The van der Waals surface area contributed by atoms with Gasteiger partial charge in [0.25, 0.3) is 11.8 Å². The molecular weight excluding hydrogens is 472 g/mol. The lowest BCUT2D eigenvalue weighted by Gasteiger charge is -2.30. The summed E-state index contributed by atoms with van der Waals surface area (Å²) in [7, 11) is 0. The van der Waals surface area contributed by atoms with Gasteiger partial charge in [-0.05, 0) is 47.2 Å². The first kappa shape index (κ1) is 23.0. The number of imide groups is 1. The normalized spacial score (nSPS) is 16.9. The Morgan fingerprint density at radius 2 is 1.22 bits per heavy atom. The second-order valence-corrected chi connectivity index (χ2v) is 9.43. The van der Waals surface area contributed by atoms with E-state index in [9.17, 15) is 19.2 Å². The zero-order valence-electron chi connectivity index (χ0n) is 20.0. The van der Waals surface area contributed by atoms with Crippen LogP contribution in [-0.4, -0.2) is 53.5 Å². The standard InChI is InChI=1S/C29H24N2O6/c32-26-23-11-5-6-12-24(23)27(33)31(26)37-28(34)18-13-15-30(16-14-18)29(35)36-17-25-21-9-3-1-7-19(21)20-8-2-4-10-22(20)25/h1-12,18,25H,13-17H2. The van der Waals surface area contributed by atoms with Crippen molar-refractivity contribution in [1.29, 1.82) is 0 Å². The topological polar surface area (TPSA) is 93.2 Å². The van der Waals surface area contributed by atoms with Crippen LogP contribution in [0.1, 0.15) is 50.6 Å². The Hall–Kier alpha value is -4.46. The summed E-state index contributed by atoms with van der Waals surface area (Å²) in [6, 6.07) is 22.6. The number of benzene rings is 3. The molecule has 8 heteroatoms. The Balaban J connectivity index is 1.03. The van der Waals surface area contributed by atoms with Crippen LogP contribution in [0.3, 0.4) is 0 Å². The number of piperidine rings is 1. The SMILES string of the molecule is O=C(ON1C(=O)c2ccccc2C1=O)C1CCN(C(=O)OCC2c3ccccc3-c3ccccc32)CC1. The molecule has 0 N–H and O–H groups in total. The van der Waals surface area contributed by atoms with Crippen LogP contribution in [0.2, 0.25) is 0 Å². The molecule has 1 saturated heterocycles. The number of nitrogens with zero attached hydrogens (tertiary/aromatic N) is 2. The zero-order valence-corrected chi connectivity index (χ0v) is 20.0. The Morgan fingerprint density at radius 3 is 1.76 bits per heavy atom. The highest BCUT2D eigenvalue weighted by Crippen LogP contribution is 2.44. The van der Waals surface area contributed by atoms with E-state index >= 15 is 0 Å². The first-order valence-electron chi connectivity index (χ1n) is 12.3. The van der Waals surface area contributed by atoms with Crippen molar-refractivity contribution in [2.45, 2.75) is 18.8 Å². The predicted molar refractivity (Wildman–Crippen MR) is 132 cm³/mol. The molecule has 37 heavy (non-hydrogen) atoms. The molecule has 1 fully saturated rings. The van der Waals surface area contributed by atoms with Crippen molar-refractivity contribution in [3.63, 3.8) is 0 Å². The molecule has 186 valence electrons. The van der Waals surface area contributed by atoms with Crippen LogP contribution in [0.15, 0.2) is 72.8 Å². The Kier molecular flexibility index (Phi) is 5.71. The van der Waals surface area contributed by atoms with Crippen LogP contribution in [-0.2, 0) is 14.4 Å². The maximum Gasteiger partial charge on any atom is 0.409 e. The molecule has 6 rings (SSSR count). The molecule has 3 aliphatic rings. The van der Waals surface area contributed by atoms with Gasteiger partial charge in [-0.2, -0.15) is 0 Å². The molecule has 0 bridgehead atoms. The van der Waals surface area contributed by atoms with Crippen LogP contribution in [0.4, 0.5) is 4.79 Å². The smallest absolute Gasteiger partial charge is 0.409 e. The van der Waals surface area contributed by atoms with E-state index in [4.69, 9.17) is 9.57 Å². The van der Waals surface area contributed by atoms with Crippen molar-refractivity contribution in [1.82, 2.24) is 9.96 Å². The van der Waals surface area contributed by atoms with E-state index in [2.05, 4.69) is 24.3 Å². The molecule has 3 aromatic rings. The summed E-state index contributed by atoms with van der Waals surface area (Å²) in [6.45, 7) is 0.867. The minimum Gasteiger partial charge on any atom is -0.448 e. The van der Waals surface area contributed by atoms with Crippen LogP contribution in [0, 0.1) is 5.92 Å². The van der Waals surface area contributed by atoms with Crippen molar-refractivity contribution in [3.8, 4) is 11.1 Å². The van der Waals surface area contributed by atoms with E-state index < -0.39 is 29.8 Å². The van der Waals surface area contributed by atoms with Crippen LogP contribution in [0.5, 0.6) is 0 Å². The van der Waals surface area contributed by atoms with Crippen molar-refractivity contribution in [2.75, 3.05) is 19.7 Å². The van der Waals surface area contributed by atoms with Crippen molar-refractivity contribution in [3.05, 3.63) is 95.1 Å². The van der Waals surface area contributed by atoms with Gasteiger partial charge < -0.3 is 14.5 Å². The summed E-state index contributed by atoms with van der Waals surface area (Å²) < 4.78 is 5.72. The molecule has 2 heterocycles. The average Bonchev–Trinajstić information content (AvgIpc) is 3.39. The lowest BCUT2D eigenvalue weighted by atomic mass is 9.97. The molecule has 0 spiro atoms. The van der Waals surface area contributed by atoms with Gasteiger partial charge in [-0.3, -0.25) is 9.59 Å². The van der Waals surface area contributed by atoms with Gasteiger partial charge in [-0.25, -0.2) is 9.59 Å². The molecule has 0 saturated carbocycles. The number of hydrogen-bond donors (Lipinski definition) is 0. The molecule has 0 aromatic heterocycles. The first-order chi connectivity index (χ1) is 18.0. The van der Waals surface area contributed by atoms with E-state index in [0.717, 1.165) is 22.3 Å². The summed E-state index contributed by atoms with van der Waals surface area (Å²) >= 11 is 0. The highest BCUT2D eigenvalue weighted by Gasteiger charge is 2.40. The van der Waals surface area contributed by atoms with E-state index in [1.54, 1.807) is 17.0 Å². The molecule has 3 amide bonds. The number of hydroxylamine groups is 2. The minimum absolute atomic E-state index is 0.0245. The van der Waals surface area contributed by atoms with Gasteiger partial charge in [0.05, 0.1) is 17.0 Å². The average molecular weight is 497 g/mol. The molecule has 1 aliphatic carbocycles. The lowest BCUT2D eigenvalue weighted by molar-refractivity contribution is -0.175. The number of likely N-dealkylation sites (tertiary alicyclic amines) is 1. The predicted octanol–water partition coefficient (Wildman–Crippen LogP) is 4.40. The fourth-order valence-corrected chi connectivity index (χ4v) is 5.40. The fraction of sp³-hybridized carbons (Fsp3) is 0.241. The van der Waals surface area contributed by atoms with Gasteiger partial charge in [-0.15, -0.1) is 0 Å². The number of fused-ring (bicyclic) bond motifs is 4. The van der Waals surface area contributed by atoms with E-state index in [1.165, 1.54) is 12.1 Å². The fourth-order valence-electron chi connectivity index (χ4n) is 5.40. The van der Waals surface area contributed by atoms with Crippen LogP contribution < -0.4 is 0 Å². The number of ether oxygens (including phenoxy) is 1. The third-order valence-electron chi connectivity index (χ3n) is 7.36. The van der Waals surface area contributed by atoms with Gasteiger partial charge >= 0.3 is 12.1 Å². The maximum atomic E-state index is 12.8. The minimum atomic E-state index is -0.651. The van der Waals surface area contributed by atoms with Crippen molar-refractivity contribution < 1.29 is 28.8 Å². The van der Waals surface area contributed by atoms with Gasteiger partial charge in [0.15, 0.2) is 0 Å². The highest BCUT2D eigenvalue weighted by molar-refractivity contribution is 6.20. The third-order valence-corrected chi connectivity index (χ3v) is 7.36. The van der Waals surface area contributed by atoms with E-state index in [0.29, 0.717) is 31.0 Å². The second kappa shape index (κ2) is 9.20. The molecule has 0 atom stereocenters. The Bertz CT molecular complexity index is 1340. The summed E-state index contributed by atoms with van der Waals surface area (Å²) in [5.74, 6) is -2.50. The lowest BCUT2D eigenvalue weighted by Crippen LogP contribution is -2.43. The van der Waals surface area contributed by atoms with Gasteiger partial charge in [0.1, 0.15) is 6.61 Å². The van der Waals surface area contributed by atoms with Crippen LogP contribution >= 0.6 is 0 Å². The number of amides is 3. The summed E-state index contributed by atoms with van der Waals surface area (Å²) in [5, 5.41) is 0.533. The molecule has 8 nitrogen and oxygen atoms in total. The number of hydrogen-bond acceptors (Lipinski definition) is 6. The second-order valence-electron chi connectivity index (χ2n) is 9.43. The summed E-state index contributed by atoms with van der Waals surface area (Å²) in [6.07, 6.45) is 0.285. The summed E-state index contributed by atoms with van der Waals surface area (Å²) in [4.78, 5) is 57.2. The molecule has 0 radical (unpaired) electrons. The Morgan fingerprint density at radius 1 is 0.730 bits per heavy atom. The van der Waals surface area contributed by atoms with Crippen molar-refractivity contribution >= 4 is 23.9 Å². The molecule has 3 aromatic carbocycles. The van der Waals surface area contributed by atoms with Gasteiger partial charge in [0, 0.05) is 19.0 Å². The van der Waals surface area contributed by atoms with Gasteiger partial charge in [0.2, 0.25) is 0 Å². The third kappa shape index (κ3) is 3.94. The zero-order chi connectivity index (χ0) is 25.5. The first-order valence-corrected chi connectivity index (χ1v) is 12.3. The monoisotopic (exact) mass is 496 g/mol. The molecule has 0 unspecified atom stereocenters. The summed E-state index contributed by atoms with van der Waals surface area (Å²) in [5.41, 5.74) is 5.04. The van der Waals surface area contributed by atoms with Gasteiger partial charge in [-0.1, -0.05) is 65.7 Å². The number of carbonyl (C=O) groups is 4. The maximum absolute atomic E-state index is 12.8. The Labute approximate surface area is 213 Å². The largest absolute Gasteiger partial charge is 0.448 e. The number of carbonyl (C=O) groups excluding carboxylic acids is 4. The highest BCUT2D eigenvalue weighted by atomic mass is 16.7. The van der Waals surface area contributed by atoms with Crippen LogP contribution in [0.25, 0.3) is 11.1 Å². The molecule has 2 aliphatic heterocycles. The van der Waals surface area contributed by atoms with E-state index in [1.807, 2.05) is 24.3 Å².